The Morgan fingerprint density at radius 1 is 1.30 bits per heavy atom. The number of hydrogen-bond acceptors (Lipinski definition) is 4. The molecule has 1 aromatic carbocycles. The van der Waals surface area contributed by atoms with E-state index in [-0.39, 0.29) is 24.5 Å². The van der Waals surface area contributed by atoms with Crippen molar-refractivity contribution in [2.24, 2.45) is 0 Å². The van der Waals surface area contributed by atoms with E-state index in [1.807, 2.05) is 32.0 Å². The van der Waals surface area contributed by atoms with Gasteiger partial charge >= 0.3 is 0 Å². The topological polar surface area (TPSA) is 79.5 Å². The van der Waals surface area contributed by atoms with E-state index in [0.29, 0.717) is 13.0 Å². The molecule has 0 bridgehead atoms. The number of rotatable bonds is 7. The maximum absolute atomic E-state index is 11.9. The van der Waals surface area contributed by atoms with Crippen molar-refractivity contribution < 1.29 is 14.3 Å². The van der Waals surface area contributed by atoms with Gasteiger partial charge in [0, 0.05) is 30.9 Å². The zero-order valence-electron chi connectivity index (χ0n) is 13.8. The predicted octanol–water partition coefficient (Wildman–Crippen LogP) is 2.05. The Morgan fingerprint density at radius 2 is 2.13 bits per heavy atom. The predicted molar refractivity (Wildman–Crippen MR) is 90.6 cm³/mol. The molecule has 1 unspecified atom stereocenters. The maximum Gasteiger partial charge on any atom is 0.239 e. The van der Waals surface area contributed by atoms with E-state index in [2.05, 4.69) is 16.0 Å². The van der Waals surface area contributed by atoms with E-state index < -0.39 is 0 Å². The molecule has 0 aliphatic carbocycles. The van der Waals surface area contributed by atoms with Gasteiger partial charge in [-0.2, -0.15) is 0 Å². The number of hydrogen-bond donors (Lipinski definition) is 3. The summed E-state index contributed by atoms with van der Waals surface area (Å²) in [6, 6.07) is 5.65. The minimum absolute atomic E-state index is 0.0282. The van der Waals surface area contributed by atoms with Crippen molar-refractivity contribution in [1.82, 2.24) is 5.32 Å². The lowest BCUT2D eigenvalue weighted by molar-refractivity contribution is -0.120. The molecule has 6 heteroatoms. The van der Waals surface area contributed by atoms with Gasteiger partial charge in [-0.25, -0.2) is 0 Å². The zero-order chi connectivity index (χ0) is 16.7. The van der Waals surface area contributed by atoms with Crippen LogP contribution in [0.5, 0.6) is 0 Å². The Hall–Kier alpha value is -2.08. The molecule has 1 aliphatic heterocycles. The molecule has 1 fully saturated rings. The van der Waals surface area contributed by atoms with Crippen molar-refractivity contribution in [1.29, 1.82) is 0 Å². The molecule has 3 N–H and O–H groups in total. The summed E-state index contributed by atoms with van der Waals surface area (Å²) >= 11 is 0. The third-order valence-electron chi connectivity index (χ3n) is 3.84. The highest BCUT2D eigenvalue weighted by Gasteiger charge is 2.16. The average Bonchev–Trinajstić information content (AvgIpc) is 3.07. The molecule has 1 heterocycles. The average molecular weight is 319 g/mol. The van der Waals surface area contributed by atoms with E-state index in [1.165, 1.54) is 0 Å². The van der Waals surface area contributed by atoms with Gasteiger partial charge < -0.3 is 20.7 Å². The van der Waals surface area contributed by atoms with Crippen LogP contribution in [0.3, 0.4) is 0 Å². The van der Waals surface area contributed by atoms with Gasteiger partial charge in [0.05, 0.1) is 12.6 Å². The zero-order valence-corrected chi connectivity index (χ0v) is 13.8. The molecule has 0 aromatic heterocycles. The van der Waals surface area contributed by atoms with E-state index in [1.54, 1.807) is 0 Å². The fourth-order valence-electron chi connectivity index (χ4n) is 2.38. The first kappa shape index (κ1) is 17.3. The molecule has 1 saturated heterocycles. The molecule has 126 valence electrons. The monoisotopic (exact) mass is 319 g/mol. The number of carbonyl (C=O) groups excluding carboxylic acids is 2. The van der Waals surface area contributed by atoms with Gasteiger partial charge in [-0.1, -0.05) is 13.0 Å². The first-order valence-electron chi connectivity index (χ1n) is 8.11. The van der Waals surface area contributed by atoms with E-state index >= 15 is 0 Å². The molecule has 2 amide bonds. The first-order chi connectivity index (χ1) is 11.1. The Balaban J connectivity index is 1.81. The lowest BCUT2D eigenvalue weighted by Gasteiger charge is -2.13. The smallest absolute Gasteiger partial charge is 0.239 e. The number of anilines is 2. The molecule has 1 atom stereocenters. The van der Waals surface area contributed by atoms with Crippen molar-refractivity contribution in [2.45, 2.75) is 39.2 Å². The molecule has 2 rings (SSSR count). The SMILES string of the molecule is CCC(=O)Nc1cc(NCC(=O)NCC2CCCO2)ccc1C. The Kier molecular flexibility index (Phi) is 6.40. The second-order valence-corrected chi connectivity index (χ2v) is 5.72. The van der Waals surface area contributed by atoms with Crippen LogP contribution in [0.25, 0.3) is 0 Å². The van der Waals surface area contributed by atoms with E-state index in [4.69, 9.17) is 4.74 Å². The van der Waals surface area contributed by atoms with Gasteiger partial charge in [0.1, 0.15) is 0 Å². The number of benzene rings is 1. The Morgan fingerprint density at radius 3 is 2.83 bits per heavy atom. The van der Waals surface area contributed by atoms with Crippen LogP contribution in [0, 0.1) is 6.92 Å². The summed E-state index contributed by atoms with van der Waals surface area (Å²) in [5.74, 6) is -0.0974. The van der Waals surface area contributed by atoms with Crippen LogP contribution in [-0.4, -0.2) is 37.6 Å². The molecule has 0 radical (unpaired) electrons. The maximum atomic E-state index is 11.9. The Bertz CT molecular complexity index is 554. The largest absolute Gasteiger partial charge is 0.376 e. The van der Waals surface area contributed by atoms with Crippen LogP contribution in [0.1, 0.15) is 31.7 Å². The third-order valence-corrected chi connectivity index (χ3v) is 3.84. The first-order valence-corrected chi connectivity index (χ1v) is 8.11. The van der Waals surface area contributed by atoms with Crippen LogP contribution in [0.15, 0.2) is 18.2 Å². The highest BCUT2D eigenvalue weighted by Crippen LogP contribution is 2.20. The summed E-state index contributed by atoms with van der Waals surface area (Å²) in [4.78, 5) is 23.4. The van der Waals surface area contributed by atoms with Crippen molar-refractivity contribution in [3.05, 3.63) is 23.8 Å². The highest BCUT2D eigenvalue weighted by molar-refractivity contribution is 5.92. The van der Waals surface area contributed by atoms with Crippen LogP contribution >= 0.6 is 0 Å². The fraction of sp³-hybridized carbons (Fsp3) is 0.529. The van der Waals surface area contributed by atoms with Gasteiger partial charge in [0.2, 0.25) is 11.8 Å². The number of ether oxygens (including phenoxy) is 1. The number of nitrogens with one attached hydrogen (secondary N) is 3. The number of amides is 2. The summed E-state index contributed by atoms with van der Waals surface area (Å²) in [6.07, 6.45) is 2.65. The third kappa shape index (κ3) is 5.56. The standard InChI is InChI=1S/C17H25N3O3/c1-3-16(21)20-15-9-13(7-6-12(15)2)18-11-17(22)19-10-14-5-4-8-23-14/h6-7,9,14,18H,3-5,8,10-11H2,1-2H3,(H,19,22)(H,20,21). The van der Waals surface area contributed by atoms with Gasteiger partial charge in [-0.05, 0) is 37.5 Å². The van der Waals surface area contributed by atoms with E-state index in [9.17, 15) is 9.59 Å². The lowest BCUT2D eigenvalue weighted by Crippen LogP contribution is -2.35. The van der Waals surface area contributed by atoms with Crippen LogP contribution in [0.2, 0.25) is 0 Å². The number of carbonyl (C=O) groups is 2. The molecule has 0 saturated carbocycles. The van der Waals surface area contributed by atoms with Gasteiger partial charge in [-0.3, -0.25) is 9.59 Å². The van der Waals surface area contributed by atoms with Gasteiger partial charge in [-0.15, -0.1) is 0 Å². The summed E-state index contributed by atoms with van der Waals surface area (Å²) in [5, 5.41) is 8.79. The molecule has 1 aromatic rings. The normalized spacial score (nSPS) is 16.9. The molecule has 0 spiro atoms. The lowest BCUT2D eigenvalue weighted by atomic mass is 10.1. The molecule has 23 heavy (non-hydrogen) atoms. The van der Waals surface area contributed by atoms with Crippen LogP contribution in [0.4, 0.5) is 11.4 Å². The number of aryl methyl sites for hydroxylation is 1. The molecular weight excluding hydrogens is 294 g/mol. The van der Waals surface area contributed by atoms with Gasteiger partial charge in [0.15, 0.2) is 0 Å². The fourth-order valence-corrected chi connectivity index (χ4v) is 2.38. The second-order valence-electron chi connectivity index (χ2n) is 5.72. The van der Waals surface area contributed by atoms with Crippen molar-refractivity contribution in [2.75, 3.05) is 30.3 Å². The molecular formula is C17H25N3O3. The van der Waals surface area contributed by atoms with Crippen molar-refractivity contribution >= 4 is 23.2 Å². The Labute approximate surface area is 137 Å². The highest BCUT2D eigenvalue weighted by atomic mass is 16.5. The quantitative estimate of drug-likeness (QED) is 0.718. The van der Waals surface area contributed by atoms with Crippen molar-refractivity contribution in [3.63, 3.8) is 0 Å². The van der Waals surface area contributed by atoms with E-state index in [0.717, 1.165) is 36.4 Å². The summed E-state index contributed by atoms with van der Waals surface area (Å²) < 4.78 is 5.47. The van der Waals surface area contributed by atoms with Crippen LogP contribution < -0.4 is 16.0 Å². The molecule has 1 aliphatic rings. The minimum Gasteiger partial charge on any atom is -0.376 e. The van der Waals surface area contributed by atoms with Crippen molar-refractivity contribution in [3.8, 4) is 0 Å². The second kappa shape index (κ2) is 8.53. The molecule has 6 nitrogen and oxygen atoms in total. The minimum atomic E-state index is -0.0692. The summed E-state index contributed by atoms with van der Waals surface area (Å²) in [7, 11) is 0. The summed E-state index contributed by atoms with van der Waals surface area (Å²) in [5.41, 5.74) is 2.55. The summed E-state index contributed by atoms with van der Waals surface area (Å²) in [6.45, 7) is 5.28. The van der Waals surface area contributed by atoms with Gasteiger partial charge in [0.25, 0.3) is 0 Å². The van der Waals surface area contributed by atoms with Crippen LogP contribution in [-0.2, 0) is 14.3 Å².